The van der Waals surface area contributed by atoms with Gasteiger partial charge in [-0.25, -0.2) is 0 Å². The van der Waals surface area contributed by atoms with E-state index in [1.807, 2.05) is 36.4 Å². The highest BCUT2D eigenvalue weighted by atomic mass is 79.9. The van der Waals surface area contributed by atoms with Crippen LogP contribution in [0.25, 0.3) is 12.2 Å². The third-order valence-electron chi connectivity index (χ3n) is 4.63. The van der Waals surface area contributed by atoms with E-state index in [0.717, 1.165) is 20.1 Å². The van der Waals surface area contributed by atoms with Crippen LogP contribution in [0.15, 0.2) is 81.8 Å². The first kappa shape index (κ1) is 25.3. The lowest BCUT2D eigenvalue weighted by Gasteiger charge is -2.07. The number of hydrogen-bond acceptors (Lipinski definition) is 4. The molecule has 174 valence electrons. The first-order chi connectivity index (χ1) is 16.4. The molecule has 2 amide bonds. The van der Waals surface area contributed by atoms with Crippen molar-refractivity contribution >= 4 is 67.2 Å². The van der Waals surface area contributed by atoms with E-state index >= 15 is 0 Å². The third kappa shape index (κ3) is 7.33. The highest BCUT2D eigenvalue weighted by Crippen LogP contribution is 2.25. The number of carbonyl (C=O) groups excluding carboxylic acids is 2. The number of halogens is 2. The molecule has 34 heavy (non-hydrogen) atoms. The summed E-state index contributed by atoms with van der Waals surface area (Å²) in [5.74, 6) is 0.758. The first-order valence-corrected chi connectivity index (χ1v) is 11.7. The minimum absolute atomic E-state index is 0.287. The summed E-state index contributed by atoms with van der Waals surface area (Å²) in [4.78, 5) is 24.6. The maximum atomic E-state index is 12.3. The maximum Gasteiger partial charge on any atom is 0.248 e. The lowest BCUT2D eigenvalue weighted by molar-refractivity contribution is -0.112. The summed E-state index contributed by atoms with van der Waals surface area (Å²) >= 11 is 6.82. The van der Waals surface area contributed by atoms with Crippen molar-refractivity contribution in [1.29, 1.82) is 0 Å². The Bertz CT molecular complexity index is 1140. The molecule has 0 unspecified atom stereocenters. The molecule has 0 aliphatic rings. The van der Waals surface area contributed by atoms with Gasteiger partial charge < -0.3 is 20.1 Å². The molecule has 0 saturated carbocycles. The van der Waals surface area contributed by atoms with Crippen molar-refractivity contribution in [3.63, 3.8) is 0 Å². The first-order valence-electron chi connectivity index (χ1n) is 10.1. The molecule has 0 fully saturated rings. The van der Waals surface area contributed by atoms with E-state index in [1.54, 1.807) is 50.6 Å². The molecular weight excluding hydrogens is 564 g/mol. The second-order valence-electron chi connectivity index (χ2n) is 7.00. The Morgan fingerprint density at radius 2 is 1.06 bits per heavy atom. The molecule has 3 aromatic carbocycles. The number of benzene rings is 3. The molecule has 0 heterocycles. The summed E-state index contributed by atoms with van der Waals surface area (Å²) in [7, 11) is 3.16. The third-order valence-corrected chi connectivity index (χ3v) is 5.62. The lowest BCUT2D eigenvalue weighted by atomic mass is 10.2. The van der Waals surface area contributed by atoms with Crippen molar-refractivity contribution < 1.29 is 19.1 Å². The topological polar surface area (TPSA) is 76.7 Å². The van der Waals surface area contributed by atoms with Crippen molar-refractivity contribution in [2.24, 2.45) is 0 Å². The Balaban J connectivity index is 1.58. The molecule has 3 aromatic rings. The van der Waals surface area contributed by atoms with Gasteiger partial charge in [0.1, 0.15) is 11.5 Å². The van der Waals surface area contributed by atoms with Gasteiger partial charge in [0.15, 0.2) is 0 Å². The molecule has 0 aliphatic carbocycles. The number of anilines is 2. The van der Waals surface area contributed by atoms with Crippen molar-refractivity contribution in [3.05, 3.63) is 92.9 Å². The maximum absolute atomic E-state index is 12.3. The predicted molar refractivity (Wildman–Crippen MR) is 143 cm³/mol. The SMILES string of the molecule is COc1ccc(Br)cc1C=CC(=O)Nc1ccc(NC(=O)C=Cc2cc(Br)ccc2OC)cc1. The van der Waals surface area contributed by atoms with Gasteiger partial charge in [-0.2, -0.15) is 0 Å². The second-order valence-corrected chi connectivity index (χ2v) is 8.83. The lowest BCUT2D eigenvalue weighted by Crippen LogP contribution is -2.09. The summed E-state index contributed by atoms with van der Waals surface area (Å²) in [6.07, 6.45) is 6.22. The summed E-state index contributed by atoms with van der Waals surface area (Å²) < 4.78 is 12.4. The summed E-state index contributed by atoms with van der Waals surface area (Å²) in [6, 6.07) is 17.9. The van der Waals surface area contributed by atoms with Gasteiger partial charge in [0, 0.05) is 43.6 Å². The van der Waals surface area contributed by atoms with Gasteiger partial charge in [0.2, 0.25) is 11.8 Å². The van der Waals surface area contributed by atoms with Crippen LogP contribution < -0.4 is 20.1 Å². The van der Waals surface area contributed by atoms with Gasteiger partial charge in [0.25, 0.3) is 0 Å². The molecule has 0 aliphatic heterocycles. The molecule has 8 heteroatoms. The molecule has 2 N–H and O–H groups in total. The van der Waals surface area contributed by atoms with Gasteiger partial charge in [-0.1, -0.05) is 31.9 Å². The smallest absolute Gasteiger partial charge is 0.248 e. The van der Waals surface area contributed by atoms with Crippen LogP contribution >= 0.6 is 31.9 Å². The van der Waals surface area contributed by atoms with E-state index in [-0.39, 0.29) is 11.8 Å². The monoisotopic (exact) mass is 584 g/mol. The Kier molecular flexibility index (Phi) is 9.07. The van der Waals surface area contributed by atoms with Gasteiger partial charge in [-0.3, -0.25) is 9.59 Å². The van der Waals surface area contributed by atoms with Crippen LogP contribution in [0.5, 0.6) is 11.5 Å². The van der Waals surface area contributed by atoms with E-state index in [1.165, 1.54) is 12.2 Å². The quantitative estimate of drug-likeness (QED) is 0.295. The zero-order valence-electron chi connectivity index (χ0n) is 18.5. The molecule has 6 nitrogen and oxygen atoms in total. The van der Waals surface area contributed by atoms with Crippen LogP contribution in [-0.4, -0.2) is 26.0 Å². The fourth-order valence-corrected chi connectivity index (χ4v) is 3.76. The van der Waals surface area contributed by atoms with Crippen LogP contribution in [0.1, 0.15) is 11.1 Å². The highest BCUT2D eigenvalue weighted by molar-refractivity contribution is 9.10. The Morgan fingerprint density at radius 3 is 1.41 bits per heavy atom. The average molecular weight is 586 g/mol. The van der Waals surface area contributed by atoms with Crippen molar-refractivity contribution in [2.45, 2.75) is 0 Å². The Morgan fingerprint density at radius 1 is 0.676 bits per heavy atom. The van der Waals surface area contributed by atoms with Gasteiger partial charge in [-0.15, -0.1) is 0 Å². The Hall–Kier alpha value is -3.36. The van der Waals surface area contributed by atoms with Crippen LogP contribution in [-0.2, 0) is 9.59 Å². The fourth-order valence-electron chi connectivity index (χ4n) is 3.01. The molecular formula is C26H22Br2N2O4. The van der Waals surface area contributed by atoms with Crippen LogP contribution in [0.2, 0.25) is 0 Å². The summed E-state index contributed by atoms with van der Waals surface area (Å²) in [6.45, 7) is 0. The van der Waals surface area contributed by atoms with E-state index in [2.05, 4.69) is 42.5 Å². The summed E-state index contributed by atoms with van der Waals surface area (Å²) in [5.41, 5.74) is 2.75. The molecule has 0 bridgehead atoms. The molecule has 0 saturated heterocycles. The zero-order chi connectivity index (χ0) is 24.5. The zero-order valence-corrected chi connectivity index (χ0v) is 21.6. The van der Waals surface area contributed by atoms with Crippen LogP contribution in [0, 0.1) is 0 Å². The standard InChI is InChI=1S/C26H22Br2N2O4/c1-33-23-11-5-19(27)15-17(23)3-13-25(31)29-21-7-9-22(10-8-21)30-26(32)14-4-18-16-20(28)6-12-24(18)34-2/h3-16H,1-2H3,(H,29,31)(H,30,32). The van der Waals surface area contributed by atoms with Crippen LogP contribution in [0.3, 0.4) is 0 Å². The van der Waals surface area contributed by atoms with Gasteiger partial charge in [-0.05, 0) is 72.8 Å². The van der Waals surface area contributed by atoms with E-state index < -0.39 is 0 Å². The number of methoxy groups -OCH3 is 2. The number of amides is 2. The van der Waals surface area contributed by atoms with Gasteiger partial charge >= 0.3 is 0 Å². The van der Waals surface area contributed by atoms with Crippen molar-refractivity contribution in [2.75, 3.05) is 24.9 Å². The largest absolute Gasteiger partial charge is 0.496 e. The minimum atomic E-state index is -0.287. The highest BCUT2D eigenvalue weighted by Gasteiger charge is 2.05. The number of ether oxygens (including phenoxy) is 2. The molecule has 3 rings (SSSR count). The predicted octanol–water partition coefficient (Wildman–Crippen LogP) is 6.53. The normalized spacial score (nSPS) is 10.9. The van der Waals surface area contributed by atoms with Crippen molar-refractivity contribution in [3.8, 4) is 11.5 Å². The second kappa shape index (κ2) is 12.2. The number of hydrogen-bond donors (Lipinski definition) is 2. The molecule has 0 radical (unpaired) electrons. The number of rotatable bonds is 8. The van der Waals surface area contributed by atoms with E-state index in [4.69, 9.17) is 9.47 Å². The van der Waals surface area contributed by atoms with E-state index in [0.29, 0.717) is 22.9 Å². The molecule has 0 aromatic heterocycles. The van der Waals surface area contributed by atoms with Crippen molar-refractivity contribution in [1.82, 2.24) is 0 Å². The van der Waals surface area contributed by atoms with Gasteiger partial charge in [0.05, 0.1) is 14.2 Å². The van der Waals surface area contributed by atoms with Crippen LogP contribution in [0.4, 0.5) is 11.4 Å². The van der Waals surface area contributed by atoms with E-state index in [9.17, 15) is 9.59 Å². The number of carbonyl (C=O) groups is 2. The molecule has 0 spiro atoms. The Labute approximate surface area is 214 Å². The average Bonchev–Trinajstić information content (AvgIpc) is 2.83. The number of nitrogens with one attached hydrogen (secondary N) is 2. The molecule has 0 atom stereocenters. The summed E-state index contributed by atoms with van der Waals surface area (Å²) in [5, 5.41) is 5.57. The minimum Gasteiger partial charge on any atom is -0.496 e. The fraction of sp³-hybridized carbons (Fsp3) is 0.0769.